The highest BCUT2D eigenvalue weighted by atomic mass is 16.4. The number of anilines is 1. The molecule has 0 saturated carbocycles. The highest BCUT2D eigenvalue weighted by molar-refractivity contribution is 6.41. The number of carboxylic acid groups (broad SMARTS) is 1. The van der Waals surface area contributed by atoms with Crippen LogP contribution in [0.25, 0.3) is 5.82 Å². The van der Waals surface area contributed by atoms with Crippen molar-refractivity contribution < 1.29 is 19.5 Å². The van der Waals surface area contributed by atoms with E-state index in [1.807, 2.05) is 59.4 Å². The SMILES string of the molecule is O=C(O)C(=O)c1ccc(CCc2ccccc2)cc1NC(=O)c1ccc(-n2cccc2)nc1. The molecule has 1 amide bonds. The Labute approximate surface area is 190 Å². The van der Waals surface area contributed by atoms with Crippen LogP contribution >= 0.6 is 0 Å². The minimum Gasteiger partial charge on any atom is -0.475 e. The average molecular weight is 439 g/mol. The molecular formula is C26H21N3O4. The van der Waals surface area contributed by atoms with E-state index < -0.39 is 17.7 Å². The number of Topliss-reactive ketones (excluding diaryl/α,β-unsaturated/α-hetero) is 1. The number of carbonyl (C=O) groups is 3. The van der Waals surface area contributed by atoms with Crippen molar-refractivity contribution >= 4 is 23.3 Å². The zero-order valence-corrected chi connectivity index (χ0v) is 17.6. The van der Waals surface area contributed by atoms with Crippen molar-refractivity contribution in [3.05, 3.63) is 114 Å². The van der Waals surface area contributed by atoms with Gasteiger partial charge in [-0.25, -0.2) is 9.78 Å². The van der Waals surface area contributed by atoms with Crippen molar-refractivity contribution in [3.63, 3.8) is 0 Å². The molecule has 0 aliphatic rings. The van der Waals surface area contributed by atoms with Crippen LogP contribution in [-0.2, 0) is 17.6 Å². The van der Waals surface area contributed by atoms with Crippen LogP contribution in [0, 0.1) is 0 Å². The summed E-state index contributed by atoms with van der Waals surface area (Å²) in [6.07, 6.45) is 6.55. The Hall–Kier alpha value is -4.52. The third-order valence-corrected chi connectivity index (χ3v) is 5.20. The van der Waals surface area contributed by atoms with Gasteiger partial charge < -0.3 is 15.0 Å². The topological polar surface area (TPSA) is 101 Å². The fourth-order valence-electron chi connectivity index (χ4n) is 3.45. The highest BCUT2D eigenvalue weighted by Gasteiger charge is 2.20. The van der Waals surface area contributed by atoms with Crippen LogP contribution in [-0.4, -0.2) is 32.3 Å². The Morgan fingerprint density at radius 1 is 0.848 bits per heavy atom. The standard InChI is InChI=1S/C26H21N3O4/c30-24(26(32)33)21-12-10-19(9-8-18-6-2-1-3-7-18)16-22(21)28-25(31)20-11-13-23(27-17-20)29-14-4-5-15-29/h1-7,10-17H,8-9H2,(H,28,31)(H,32,33). The summed E-state index contributed by atoms with van der Waals surface area (Å²) < 4.78 is 1.81. The molecule has 33 heavy (non-hydrogen) atoms. The number of aromatic nitrogens is 2. The summed E-state index contributed by atoms with van der Waals surface area (Å²) >= 11 is 0. The molecule has 0 bridgehead atoms. The van der Waals surface area contributed by atoms with E-state index >= 15 is 0 Å². The van der Waals surface area contributed by atoms with E-state index in [0.717, 1.165) is 17.5 Å². The van der Waals surface area contributed by atoms with E-state index in [4.69, 9.17) is 0 Å². The van der Waals surface area contributed by atoms with Gasteiger partial charge in [0.15, 0.2) is 0 Å². The maximum Gasteiger partial charge on any atom is 0.377 e. The molecule has 2 aromatic heterocycles. The van der Waals surface area contributed by atoms with Gasteiger partial charge in [0.1, 0.15) is 5.82 Å². The van der Waals surface area contributed by atoms with Crippen molar-refractivity contribution in [2.45, 2.75) is 12.8 Å². The Bertz CT molecular complexity index is 1280. The summed E-state index contributed by atoms with van der Waals surface area (Å²) in [6.45, 7) is 0. The molecule has 0 saturated heterocycles. The molecule has 2 heterocycles. The molecule has 0 radical (unpaired) electrons. The van der Waals surface area contributed by atoms with Crippen molar-refractivity contribution in [1.82, 2.24) is 9.55 Å². The van der Waals surface area contributed by atoms with Gasteiger partial charge >= 0.3 is 5.97 Å². The Kier molecular flexibility index (Phi) is 6.40. The van der Waals surface area contributed by atoms with Crippen LogP contribution < -0.4 is 5.32 Å². The third kappa shape index (κ3) is 5.22. The lowest BCUT2D eigenvalue weighted by molar-refractivity contribution is -0.131. The number of nitrogens with one attached hydrogen (secondary N) is 1. The average Bonchev–Trinajstić information content (AvgIpc) is 3.38. The molecule has 0 fully saturated rings. The highest BCUT2D eigenvalue weighted by Crippen LogP contribution is 2.21. The number of ketones is 1. The molecule has 0 aliphatic carbocycles. The summed E-state index contributed by atoms with van der Waals surface area (Å²) in [4.78, 5) is 40.6. The lowest BCUT2D eigenvalue weighted by atomic mass is 10.00. The number of rotatable bonds is 8. The Balaban J connectivity index is 1.56. The molecular weight excluding hydrogens is 418 g/mol. The quantitative estimate of drug-likeness (QED) is 0.317. The van der Waals surface area contributed by atoms with E-state index in [1.54, 1.807) is 24.3 Å². The van der Waals surface area contributed by atoms with Gasteiger partial charge in [0, 0.05) is 18.6 Å². The van der Waals surface area contributed by atoms with E-state index in [9.17, 15) is 19.5 Å². The number of carboxylic acids is 1. The minimum atomic E-state index is -1.58. The second-order valence-corrected chi connectivity index (χ2v) is 7.45. The number of hydrogen-bond acceptors (Lipinski definition) is 4. The van der Waals surface area contributed by atoms with Gasteiger partial charge in [-0.05, 0) is 60.4 Å². The molecule has 7 nitrogen and oxygen atoms in total. The lowest BCUT2D eigenvalue weighted by Gasteiger charge is -2.12. The second kappa shape index (κ2) is 9.74. The van der Waals surface area contributed by atoms with Crippen LogP contribution in [0.5, 0.6) is 0 Å². The number of pyridine rings is 1. The molecule has 7 heteroatoms. The summed E-state index contributed by atoms with van der Waals surface area (Å²) in [6, 6.07) is 21.8. The van der Waals surface area contributed by atoms with Gasteiger partial charge in [0.2, 0.25) is 0 Å². The van der Waals surface area contributed by atoms with E-state index in [0.29, 0.717) is 12.2 Å². The van der Waals surface area contributed by atoms with Gasteiger partial charge in [-0.1, -0.05) is 36.4 Å². The molecule has 0 unspecified atom stereocenters. The first-order chi connectivity index (χ1) is 16.0. The molecule has 2 N–H and O–H groups in total. The van der Waals surface area contributed by atoms with Crippen LogP contribution in [0.3, 0.4) is 0 Å². The molecule has 0 aliphatic heterocycles. The first-order valence-corrected chi connectivity index (χ1v) is 10.4. The van der Waals surface area contributed by atoms with E-state index in [-0.39, 0.29) is 16.8 Å². The zero-order chi connectivity index (χ0) is 23.2. The van der Waals surface area contributed by atoms with Crippen molar-refractivity contribution in [2.75, 3.05) is 5.32 Å². The Morgan fingerprint density at radius 3 is 2.24 bits per heavy atom. The summed E-state index contributed by atoms with van der Waals surface area (Å²) in [7, 11) is 0. The number of nitrogens with zero attached hydrogens (tertiary/aromatic N) is 2. The van der Waals surface area contributed by atoms with Crippen LogP contribution in [0.1, 0.15) is 31.8 Å². The minimum absolute atomic E-state index is 0.0729. The first-order valence-electron chi connectivity index (χ1n) is 10.4. The molecule has 4 rings (SSSR count). The van der Waals surface area contributed by atoms with Crippen LogP contribution in [0.4, 0.5) is 5.69 Å². The van der Waals surface area contributed by atoms with Gasteiger partial charge in [-0.15, -0.1) is 0 Å². The van der Waals surface area contributed by atoms with Crippen LogP contribution in [0.15, 0.2) is 91.4 Å². The maximum absolute atomic E-state index is 12.8. The molecule has 2 aromatic carbocycles. The number of hydrogen-bond donors (Lipinski definition) is 2. The molecule has 164 valence electrons. The van der Waals surface area contributed by atoms with E-state index in [1.165, 1.54) is 12.3 Å². The predicted molar refractivity (Wildman–Crippen MR) is 124 cm³/mol. The molecule has 0 spiro atoms. The van der Waals surface area contributed by atoms with Gasteiger partial charge in [-0.2, -0.15) is 0 Å². The largest absolute Gasteiger partial charge is 0.475 e. The summed E-state index contributed by atoms with van der Waals surface area (Å²) in [5, 5.41) is 11.9. The molecule has 4 aromatic rings. The number of benzene rings is 2. The molecule has 0 atom stereocenters. The monoisotopic (exact) mass is 439 g/mol. The van der Waals surface area contributed by atoms with Crippen molar-refractivity contribution in [2.24, 2.45) is 0 Å². The van der Waals surface area contributed by atoms with Gasteiger partial charge in [0.25, 0.3) is 11.7 Å². The predicted octanol–water partition coefficient (Wildman–Crippen LogP) is 4.18. The number of aryl methyl sites for hydroxylation is 2. The van der Waals surface area contributed by atoms with Gasteiger partial charge in [-0.3, -0.25) is 9.59 Å². The Morgan fingerprint density at radius 2 is 1.58 bits per heavy atom. The smallest absolute Gasteiger partial charge is 0.377 e. The number of carbonyl (C=O) groups excluding carboxylic acids is 2. The number of amides is 1. The third-order valence-electron chi connectivity index (χ3n) is 5.20. The fourth-order valence-corrected chi connectivity index (χ4v) is 3.45. The lowest BCUT2D eigenvalue weighted by Crippen LogP contribution is -2.19. The second-order valence-electron chi connectivity index (χ2n) is 7.45. The van der Waals surface area contributed by atoms with Crippen molar-refractivity contribution in [1.29, 1.82) is 0 Å². The number of aliphatic carboxylic acids is 1. The normalized spacial score (nSPS) is 10.5. The first kappa shape index (κ1) is 21.7. The van der Waals surface area contributed by atoms with Gasteiger partial charge in [0.05, 0.1) is 16.8 Å². The fraction of sp³-hybridized carbons (Fsp3) is 0.0769. The van der Waals surface area contributed by atoms with Crippen LogP contribution in [0.2, 0.25) is 0 Å². The zero-order valence-electron chi connectivity index (χ0n) is 17.6. The van der Waals surface area contributed by atoms with E-state index in [2.05, 4.69) is 10.3 Å². The van der Waals surface area contributed by atoms with Crippen molar-refractivity contribution in [3.8, 4) is 5.82 Å². The maximum atomic E-state index is 12.8. The summed E-state index contributed by atoms with van der Waals surface area (Å²) in [5.74, 6) is -2.50. The summed E-state index contributed by atoms with van der Waals surface area (Å²) in [5.41, 5.74) is 2.40.